The fourth-order valence-electron chi connectivity index (χ4n) is 6.21. The topological polar surface area (TPSA) is 102 Å². The van der Waals surface area contributed by atoms with Crippen LogP contribution in [-0.2, 0) is 23.8 Å². The molecule has 13 heteroatoms. The van der Waals surface area contributed by atoms with Crippen molar-refractivity contribution in [1.29, 1.82) is 0 Å². The fraction of sp³-hybridized carbons (Fsp3) is 0.438. The Balaban J connectivity index is 1.30. The first kappa shape index (κ1) is 29.2. The minimum atomic E-state index is -3.15. The molecule has 0 radical (unpaired) electrons. The Labute approximate surface area is 258 Å². The molecule has 0 atom stereocenters. The van der Waals surface area contributed by atoms with Crippen LogP contribution in [0.5, 0.6) is 5.88 Å². The number of amides is 1. The molecule has 7 rings (SSSR count). The number of fused-ring (bicyclic) bond motifs is 1. The Morgan fingerprint density at radius 3 is 2.49 bits per heavy atom. The SMILES string of the molecule is CCN1C(=O)C2(CC2)N(Cc2ccc(-c3nc(C(C)(F)F)cn3CC)c(F)c2)c2nc(-c3c(OC)ncnc3C3CC3)ncc21. The van der Waals surface area contributed by atoms with Crippen LogP contribution in [0.4, 0.5) is 24.7 Å². The highest BCUT2D eigenvalue weighted by Crippen LogP contribution is 2.53. The second kappa shape index (κ2) is 10.5. The highest BCUT2D eigenvalue weighted by atomic mass is 19.3. The number of imidazole rings is 1. The largest absolute Gasteiger partial charge is 0.480 e. The van der Waals surface area contributed by atoms with Gasteiger partial charge in [0.15, 0.2) is 11.6 Å². The van der Waals surface area contributed by atoms with Gasteiger partial charge < -0.3 is 19.1 Å². The second-order valence-electron chi connectivity index (χ2n) is 11.9. The fourth-order valence-corrected chi connectivity index (χ4v) is 6.21. The minimum Gasteiger partial charge on any atom is -0.480 e. The number of alkyl halides is 2. The molecule has 4 heterocycles. The zero-order valence-corrected chi connectivity index (χ0v) is 25.5. The zero-order chi connectivity index (χ0) is 31.7. The Kier molecular flexibility index (Phi) is 6.82. The van der Waals surface area contributed by atoms with Crippen molar-refractivity contribution in [2.75, 3.05) is 23.5 Å². The van der Waals surface area contributed by atoms with Crippen molar-refractivity contribution in [3.8, 4) is 28.7 Å². The van der Waals surface area contributed by atoms with Crippen LogP contribution in [0.1, 0.15) is 69.3 Å². The molecule has 0 N–H and O–H groups in total. The van der Waals surface area contributed by atoms with E-state index in [-0.39, 0.29) is 29.8 Å². The molecular weight excluding hydrogens is 585 g/mol. The monoisotopic (exact) mass is 618 g/mol. The maximum absolute atomic E-state index is 15.7. The number of aryl methyl sites for hydroxylation is 1. The highest BCUT2D eigenvalue weighted by molar-refractivity contribution is 6.09. The smallest absolute Gasteiger partial charge is 0.288 e. The normalized spacial score (nSPS) is 17.2. The molecular formula is C32H33F3N8O2. The van der Waals surface area contributed by atoms with Gasteiger partial charge in [-0.15, -0.1) is 0 Å². The summed E-state index contributed by atoms with van der Waals surface area (Å²) >= 11 is 0. The van der Waals surface area contributed by atoms with Crippen molar-refractivity contribution in [2.24, 2.45) is 0 Å². The number of anilines is 2. The first-order chi connectivity index (χ1) is 21.6. The van der Waals surface area contributed by atoms with Gasteiger partial charge in [-0.25, -0.2) is 29.3 Å². The molecule has 45 heavy (non-hydrogen) atoms. The number of aromatic nitrogens is 6. The van der Waals surface area contributed by atoms with E-state index < -0.39 is 23.0 Å². The van der Waals surface area contributed by atoms with Gasteiger partial charge >= 0.3 is 0 Å². The summed E-state index contributed by atoms with van der Waals surface area (Å²) < 4.78 is 50.9. The van der Waals surface area contributed by atoms with Crippen LogP contribution < -0.4 is 14.5 Å². The van der Waals surface area contributed by atoms with Crippen molar-refractivity contribution in [1.82, 2.24) is 29.5 Å². The number of likely N-dealkylation sites (N-methyl/N-ethyl adjacent to an activating group) is 1. The molecule has 1 aromatic carbocycles. The Bertz CT molecular complexity index is 1810. The number of rotatable bonds is 9. The van der Waals surface area contributed by atoms with Gasteiger partial charge in [0.1, 0.15) is 40.5 Å². The molecule has 2 fully saturated rings. The van der Waals surface area contributed by atoms with E-state index in [9.17, 15) is 13.6 Å². The summed E-state index contributed by atoms with van der Waals surface area (Å²) in [7, 11) is 1.55. The first-order valence-electron chi connectivity index (χ1n) is 15.2. The van der Waals surface area contributed by atoms with Gasteiger partial charge in [0.2, 0.25) is 5.88 Å². The minimum absolute atomic E-state index is 0.0387. The van der Waals surface area contributed by atoms with E-state index in [1.807, 2.05) is 11.8 Å². The summed E-state index contributed by atoms with van der Waals surface area (Å²) in [4.78, 5) is 40.1. The lowest BCUT2D eigenvalue weighted by Gasteiger charge is -2.42. The zero-order valence-electron chi connectivity index (χ0n) is 25.5. The molecule has 1 amide bonds. The molecule has 3 aromatic heterocycles. The molecule has 0 saturated heterocycles. The van der Waals surface area contributed by atoms with Crippen molar-refractivity contribution >= 4 is 17.4 Å². The molecule has 1 spiro atoms. The number of carbonyl (C=O) groups is 1. The standard InChI is InChI=1S/C32H33F3N8O2/c1-5-41-16-23(31(3,34)35)39-27(41)20-10-7-18(13-21(20)33)15-43-28-22(42(6-2)30(44)32(43)11-12-32)14-36-26(40-28)24-25(19-8-9-19)37-17-38-29(24)45-4/h7,10,13-14,16-17,19H,5-6,8-9,11-12,15H2,1-4H3. The Hall–Kier alpha value is -4.55. The van der Waals surface area contributed by atoms with Crippen LogP contribution >= 0.6 is 0 Å². The van der Waals surface area contributed by atoms with E-state index in [4.69, 9.17) is 9.72 Å². The maximum Gasteiger partial charge on any atom is 0.288 e. The van der Waals surface area contributed by atoms with Crippen molar-refractivity contribution in [3.05, 3.63) is 59.7 Å². The molecule has 1 aliphatic heterocycles. The summed E-state index contributed by atoms with van der Waals surface area (Å²) in [5.41, 5.74) is 1.54. The Morgan fingerprint density at radius 2 is 1.87 bits per heavy atom. The van der Waals surface area contributed by atoms with E-state index in [1.165, 1.54) is 23.2 Å². The number of carbonyl (C=O) groups excluding carboxylic acids is 1. The summed E-state index contributed by atoms with van der Waals surface area (Å²) in [5, 5.41) is 0. The van der Waals surface area contributed by atoms with E-state index in [0.717, 1.165) is 25.5 Å². The van der Waals surface area contributed by atoms with Crippen LogP contribution in [0.15, 0.2) is 36.9 Å². The van der Waals surface area contributed by atoms with Gasteiger partial charge in [0.05, 0.1) is 24.6 Å². The second-order valence-corrected chi connectivity index (χ2v) is 11.9. The average Bonchev–Trinajstić information content (AvgIpc) is 3.96. The van der Waals surface area contributed by atoms with E-state index in [0.29, 0.717) is 60.3 Å². The predicted molar refractivity (Wildman–Crippen MR) is 161 cm³/mol. The molecule has 0 unspecified atom stereocenters. The maximum atomic E-state index is 15.7. The summed E-state index contributed by atoms with van der Waals surface area (Å²) in [5.74, 6) is -2.03. The lowest BCUT2D eigenvalue weighted by atomic mass is 10.0. The molecule has 4 aromatic rings. The average molecular weight is 619 g/mol. The predicted octanol–water partition coefficient (Wildman–Crippen LogP) is 5.86. The van der Waals surface area contributed by atoms with Crippen LogP contribution in [0, 0.1) is 5.82 Å². The van der Waals surface area contributed by atoms with Gasteiger partial charge in [-0.1, -0.05) is 6.07 Å². The van der Waals surface area contributed by atoms with Crippen molar-refractivity contribution < 1.29 is 22.7 Å². The number of benzene rings is 1. The first-order valence-corrected chi connectivity index (χ1v) is 15.2. The number of ether oxygens (including phenoxy) is 1. The number of nitrogens with zero attached hydrogens (tertiary/aromatic N) is 8. The number of hydrogen-bond donors (Lipinski definition) is 0. The van der Waals surface area contributed by atoms with Crippen molar-refractivity contribution in [2.45, 2.75) is 76.9 Å². The van der Waals surface area contributed by atoms with Crippen LogP contribution in [0.3, 0.4) is 0 Å². The van der Waals surface area contributed by atoms with E-state index in [2.05, 4.69) is 19.9 Å². The number of methoxy groups -OCH3 is 1. The number of hydrogen-bond acceptors (Lipinski definition) is 8. The van der Waals surface area contributed by atoms with E-state index >= 15 is 4.39 Å². The lowest BCUT2D eigenvalue weighted by Crippen LogP contribution is -2.55. The number of halogens is 3. The van der Waals surface area contributed by atoms with Gasteiger partial charge in [-0.05, 0) is 57.2 Å². The molecule has 0 bridgehead atoms. The lowest BCUT2D eigenvalue weighted by molar-refractivity contribution is -0.121. The van der Waals surface area contributed by atoms with E-state index in [1.54, 1.807) is 37.3 Å². The van der Waals surface area contributed by atoms with Gasteiger partial charge in [-0.2, -0.15) is 8.78 Å². The molecule has 2 saturated carbocycles. The third-order valence-corrected chi connectivity index (χ3v) is 8.90. The summed E-state index contributed by atoms with van der Waals surface area (Å²) in [6, 6.07) is 4.67. The summed E-state index contributed by atoms with van der Waals surface area (Å²) in [6.07, 6.45) is 7.68. The molecule has 2 aliphatic carbocycles. The third kappa shape index (κ3) is 4.79. The third-order valence-electron chi connectivity index (χ3n) is 8.90. The van der Waals surface area contributed by atoms with Gasteiger partial charge in [0, 0.05) is 38.7 Å². The van der Waals surface area contributed by atoms with Gasteiger partial charge in [0.25, 0.3) is 11.8 Å². The van der Waals surface area contributed by atoms with Crippen molar-refractivity contribution in [3.63, 3.8) is 0 Å². The van der Waals surface area contributed by atoms with Crippen LogP contribution in [0.25, 0.3) is 22.8 Å². The summed E-state index contributed by atoms with van der Waals surface area (Å²) in [6.45, 7) is 5.46. The molecule has 10 nitrogen and oxygen atoms in total. The molecule has 3 aliphatic rings. The van der Waals surface area contributed by atoms with Gasteiger partial charge in [-0.3, -0.25) is 4.79 Å². The Morgan fingerprint density at radius 1 is 1.09 bits per heavy atom. The highest BCUT2D eigenvalue weighted by Gasteiger charge is 2.60. The van der Waals surface area contributed by atoms with Crippen LogP contribution in [-0.4, -0.2) is 54.6 Å². The van der Waals surface area contributed by atoms with Crippen LogP contribution in [0.2, 0.25) is 0 Å². The quantitative estimate of drug-likeness (QED) is 0.230. The molecule has 234 valence electrons.